The third-order valence-corrected chi connectivity index (χ3v) is 4.00. The number of aliphatic carboxylic acids is 1. The van der Waals surface area contributed by atoms with Crippen molar-refractivity contribution in [1.82, 2.24) is 5.32 Å². The van der Waals surface area contributed by atoms with E-state index >= 15 is 0 Å². The van der Waals surface area contributed by atoms with Gasteiger partial charge in [-0.3, -0.25) is 9.59 Å². The zero-order valence-electron chi connectivity index (χ0n) is 11.8. The van der Waals surface area contributed by atoms with E-state index in [1.807, 2.05) is 6.07 Å². The molecule has 1 amide bonds. The fraction of sp³-hybridized carbons (Fsp3) is 0.500. The van der Waals surface area contributed by atoms with Gasteiger partial charge in [0, 0.05) is 12.5 Å². The topological polar surface area (TPSA) is 66.4 Å². The van der Waals surface area contributed by atoms with Gasteiger partial charge in [-0.15, -0.1) is 0 Å². The lowest BCUT2D eigenvalue weighted by molar-refractivity contribution is -0.144. The number of rotatable bonds is 5. The molecule has 2 atom stereocenters. The largest absolute Gasteiger partial charge is 0.481 e. The Kier molecular flexibility index (Phi) is 5.31. The maximum absolute atomic E-state index is 13.0. The lowest BCUT2D eigenvalue weighted by Crippen LogP contribution is -2.36. The van der Waals surface area contributed by atoms with E-state index in [9.17, 15) is 14.0 Å². The Bertz CT molecular complexity index is 518. The van der Waals surface area contributed by atoms with Gasteiger partial charge in [-0.1, -0.05) is 18.6 Å². The molecule has 114 valence electrons. The van der Waals surface area contributed by atoms with E-state index in [-0.39, 0.29) is 17.6 Å². The molecule has 0 radical (unpaired) electrons. The molecule has 1 fully saturated rings. The second kappa shape index (κ2) is 7.20. The summed E-state index contributed by atoms with van der Waals surface area (Å²) in [7, 11) is 0. The summed E-state index contributed by atoms with van der Waals surface area (Å²) >= 11 is 0. The molecule has 1 aromatic carbocycles. The minimum absolute atomic E-state index is 0.0858. The molecule has 1 saturated carbocycles. The number of amides is 1. The van der Waals surface area contributed by atoms with Crippen LogP contribution in [0.25, 0.3) is 0 Å². The standard InChI is InChI=1S/C16H20FNO3/c17-14-6-1-3-11(9-14)7-8-18-15(19)12-4-2-5-13(10-12)16(20)21/h1,3,6,9,12-13H,2,4-5,7-8,10H2,(H,18,19)(H,20,21). The van der Waals surface area contributed by atoms with Gasteiger partial charge in [0.2, 0.25) is 5.91 Å². The molecule has 5 heteroatoms. The SMILES string of the molecule is O=C(O)C1CCCC(C(=O)NCCc2cccc(F)c2)C1. The minimum atomic E-state index is -0.813. The smallest absolute Gasteiger partial charge is 0.306 e. The first kappa shape index (κ1) is 15.5. The van der Waals surface area contributed by atoms with Crippen LogP contribution in [0.1, 0.15) is 31.2 Å². The van der Waals surface area contributed by atoms with Crippen LogP contribution in [0.5, 0.6) is 0 Å². The summed E-state index contributed by atoms with van der Waals surface area (Å²) in [5, 5.41) is 11.8. The second-order valence-corrected chi connectivity index (χ2v) is 5.57. The number of hydrogen-bond donors (Lipinski definition) is 2. The summed E-state index contributed by atoms with van der Waals surface area (Å²) in [5.41, 5.74) is 0.836. The van der Waals surface area contributed by atoms with E-state index in [0.29, 0.717) is 25.8 Å². The van der Waals surface area contributed by atoms with Crippen molar-refractivity contribution in [1.29, 1.82) is 0 Å². The average Bonchev–Trinajstić information content (AvgIpc) is 2.47. The molecular weight excluding hydrogens is 273 g/mol. The Hall–Kier alpha value is -1.91. The van der Waals surface area contributed by atoms with Crippen LogP contribution in [0, 0.1) is 17.7 Å². The first-order valence-electron chi connectivity index (χ1n) is 7.31. The van der Waals surface area contributed by atoms with E-state index in [4.69, 9.17) is 5.11 Å². The van der Waals surface area contributed by atoms with Crippen LogP contribution in [-0.2, 0) is 16.0 Å². The molecule has 0 saturated heterocycles. The molecule has 0 aliphatic heterocycles. The molecule has 0 spiro atoms. The Labute approximate surface area is 123 Å². The summed E-state index contributed by atoms with van der Waals surface area (Å²) in [4.78, 5) is 23.0. The van der Waals surface area contributed by atoms with Gasteiger partial charge in [-0.25, -0.2) is 4.39 Å². The highest BCUT2D eigenvalue weighted by molar-refractivity contribution is 5.80. The first-order chi connectivity index (χ1) is 10.1. The first-order valence-corrected chi connectivity index (χ1v) is 7.31. The number of carbonyl (C=O) groups excluding carboxylic acids is 1. The zero-order chi connectivity index (χ0) is 15.2. The van der Waals surface area contributed by atoms with Crippen molar-refractivity contribution in [2.75, 3.05) is 6.54 Å². The Morgan fingerprint density at radius 1 is 1.29 bits per heavy atom. The highest BCUT2D eigenvalue weighted by atomic mass is 19.1. The quantitative estimate of drug-likeness (QED) is 0.876. The average molecular weight is 293 g/mol. The van der Waals surface area contributed by atoms with E-state index in [0.717, 1.165) is 18.4 Å². The van der Waals surface area contributed by atoms with E-state index < -0.39 is 11.9 Å². The van der Waals surface area contributed by atoms with E-state index in [1.165, 1.54) is 12.1 Å². The predicted molar refractivity (Wildman–Crippen MR) is 76.2 cm³/mol. The highest BCUT2D eigenvalue weighted by Crippen LogP contribution is 2.29. The van der Waals surface area contributed by atoms with Crippen molar-refractivity contribution in [2.24, 2.45) is 11.8 Å². The fourth-order valence-electron chi connectivity index (χ4n) is 2.82. The van der Waals surface area contributed by atoms with Crippen molar-refractivity contribution in [3.8, 4) is 0 Å². The van der Waals surface area contributed by atoms with E-state index in [1.54, 1.807) is 6.07 Å². The number of carbonyl (C=O) groups is 2. The van der Waals surface area contributed by atoms with Crippen LogP contribution in [0.2, 0.25) is 0 Å². The van der Waals surface area contributed by atoms with Crippen molar-refractivity contribution in [2.45, 2.75) is 32.1 Å². The molecule has 0 bridgehead atoms. The van der Waals surface area contributed by atoms with Gasteiger partial charge < -0.3 is 10.4 Å². The number of hydrogen-bond acceptors (Lipinski definition) is 2. The van der Waals surface area contributed by atoms with Crippen LogP contribution in [0.3, 0.4) is 0 Å². The lowest BCUT2D eigenvalue weighted by atomic mass is 9.81. The van der Waals surface area contributed by atoms with Crippen molar-refractivity contribution in [3.05, 3.63) is 35.6 Å². The van der Waals surface area contributed by atoms with Gasteiger partial charge >= 0.3 is 5.97 Å². The number of carboxylic acids is 1. The summed E-state index contributed by atoms with van der Waals surface area (Å²) in [6, 6.07) is 6.30. The van der Waals surface area contributed by atoms with Gasteiger partial charge in [-0.2, -0.15) is 0 Å². The fourth-order valence-corrected chi connectivity index (χ4v) is 2.82. The summed E-state index contributed by atoms with van der Waals surface area (Å²) in [6.07, 6.45) is 3.16. The maximum Gasteiger partial charge on any atom is 0.306 e. The molecule has 2 N–H and O–H groups in total. The van der Waals surface area contributed by atoms with Crippen molar-refractivity contribution >= 4 is 11.9 Å². The lowest BCUT2D eigenvalue weighted by Gasteiger charge is -2.25. The van der Waals surface area contributed by atoms with Gasteiger partial charge in [0.15, 0.2) is 0 Å². The van der Waals surface area contributed by atoms with Gasteiger partial charge in [-0.05, 0) is 43.4 Å². The molecule has 2 rings (SSSR count). The zero-order valence-corrected chi connectivity index (χ0v) is 11.8. The second-order valence-electron chi connectivity index (χ2n) is 5.57. The maximum atomic E-state index is 13.0. The van der Waals surface area contributed by atoms with Gasteiger partial charge in [0.1, 0.15) is 5.82 Å². The van der Waals surface area contributed by atoms with Crippen molar-refractivity contribution in [3.63, 3.8) is 0 Å². The van der Waals surface area contributed by atoms with Crippen LogP contribution in [0.4, 0.5) is 4.39 Å². The number of benzene rings is 1. The number of carboxylic acid groups (broad SMARTS) is 1. The van der Waals surface area contributed by atoms with Crippen LogP contribution >= 0.6 is 0 Å². The Balaban J connectivity index is 1.78. The molecule has 1 aliphatic carbocycles. The summed E-state index contributed by atoms with van der Waals surface area (Å²) < 4.78 is 13.0. The van der Waals surface area contributed by atoms with Gasteiger partial charge in [0.25, 0.3) is 0 Å². The monoisotopic (exact) mass is 293 g/mol. The highest BCUT2D eigenvalue weighted by Gasteiger charge is 2.30. The molecular formula is C16H20FNO3. The summed E-state index contributed by atoms with van der Waals surface area (Å²) in [5.74, 6) is -1.80. The molecule has 0 aromatic heterocycles. The van der Waals surface area contributed by atoms with Crippen LogP contribution in [0.15, 0.2) is 24.3 Å². The minimum Gasteiger partial charge on any atom is -0.481 e. The molecule has 21 heavy (non-hydrogen) atoms. The molecule has 4 nitrogen and oxygen atoms in total. The molecule has 2 unspecified atom stereocenters. The Morgan fingerprint density at radius 3 is 2.76 bits per heavy atom. The van der Waals surface area contributed by atoms with Crippen LogP contribution in [-0.4, -0.2) is 23.5 Å². The molecule has 1 aromatic rings. The third kappa shape index (κ3) is 4.55. The molecule has 0 heterocycles. The normalized spacial score (nSPS) is 21.8. The third-order valence-electron chi connectivity index (χ3n) is 4.00. The molecule has 1 aliphatic rings. The van der Waals surface area contributed by atoms with Crippen molar-refractivity contribution < 1.29 is 19.1 Å². The Morgan fingerprint density at radius 2 is 2.05 bits per heavy atom. The summed E-state index contributed by atoms with van der Waals surface area (Å²) in [6.45, 7) is 0.441. The predicted octanol–water partition coefficient (Wildman–Crippen LogP) is 2.38. The number of halogens is 1. The number of nitrogens with one attached hydrogen (secondary N) is 1. The van der Waals surface area contributed by atoms with E-state index in [2.05, 4.69) is 5.32 Å². The van der Waals surface area contributed by atoms with Gasteiger partial charge in [0.05, 0.1) is 5.92 Å². The van der Waals surface area contributed by atoms with Crippen LogP contribution < -0.4 is 5.32 Å².